The second kappa shape index (κ2) is 9.28. The first kappa shape index (κ1) is 22.5. The molecule has 0 N–H and O–H groups in total. The number of halogens is 2. The lowest BCUT2D eigenvalue weighted by Crippen LogP contribution is -2.26. The van der Waals surface area contributed by atoms with Crippen LogP contribution in [0.25, 0.3) is 5.65 Å². The molecule has 0 unspecified atom stereocenters. The molecular weight excluding hydrogens is 406 g/mol. The third-order valence-electron chi connectivity index (χ3n) is 5.16. The van der Waals surface area contributed by atoms with Crippen molar-refractivity contribution in [3.05, 3.63) is 52.5 Å². The maximum absolute atomic E-state index is 12.7. The quantitative estimate of drug-likeness (QED) is 0.541. The Hall–Kier alpha value is -3.23. The molecule has 0 spiro atoms. The number of ether oxygens (including phenoxy) is 2. The van der Waals surface area contributed by atoms with Crippen LogP contribution in [0, 0.1) is 20.8 Å². The largest absolute Gasteiger partial charge is 0.493 e. The molecule has 3 rings (SSSR count). The summed E-state index contributed by atoms with van der Waals surface area (Å²) in [6.45, 7) is 3.22. The highest BCUT2D eigenvalue weighted by atomic mass is 19.3. The summed E-state index contributed by atoms with van der Waals surface area (Å²) >= 11 is 0. The number of aromatic nitrogens is 3. The van der Waals surface area contributed by atoms with E-state index in [2.05, 4.69) is 14.8 Å². The lowest BCUT2D eigenvalue weighted by atomic mass is 10.1. The molecule has 2 aromatic heterocycles. The highest BCUT2D eigenvalue weighted by Gasteiger charge is 2.16. The molecule has 1 aromatic carbocycles. The molecule has 0 aliphatic rings. The van der Waals surface area contributed by atoms with E-state index in [9.17, 15) is 13.6 Å². The molecule has 0 atom stereocenters. The van der Waals surface area contributed by atoms with Crippen molar-refractivity contribution in [3.63, 3.8) is 0 Å². The third-order valence-corrected chi connectivity index (χ3v) is 5.16. The van der Waals surface area contributed by atoms with Gasteiger partial charge in [-0.15, -0.1) is 0 Å². The van der Waals surface area contributed by atoms with Gasteiger partial charge in [-0.3, -0.25) is 4.79 Å². The Kier molecular flexibility index (Phi) is 6.72. The Morgan fingerprint density at radius 2 is 1.94 bits per heavy atom. The van der Waals surface area contributed by atoms with Crippen LogP contribution in [0.1, 0.15) is 34.6 Å². The Morgan fingerprint density at radius 1 is 1.19 bits per heavy atom. The Balaban J connectivity index is 1.67. The van der Waals surface area contributed by atoms with Crippen LogP contribution in [-0.2, 0) is 17.8 Å². The van der Waals surface area contributed by atoms with Crippen molar-refractivity contribution in [2.45, 2.75) is 46.8 Å². The van der Waals surface area contributed by atoms with Crippen molar-refractivity contribution < 1.29 is 23.0 Å². The number of methoxy groups -OCH3 is 1. The minimum Gasteiger partial charge on any atom is -0.493 e. The molecule has 0 saturated heterocycles. The van der Waals surface area contributed by atoms with Crippen LogP contribution in [0.4, 0.5) is 8.78 Å². The van der Waals surface area contributed by atoms with Crippen molar-refractivity contribution in [1.29, 1.82) is 0 Å². The molecule has 0 fully saturated rings. The standard InChI is InChI=1S/C22H26F2N4O3/c1-13-10-20-25-14(2)17(15(3)28(20)26-13)7-9-21(29)27(4)12-16-6-8-18(31-22(23)24)19(11-16)30-5/h6,8,10-11,22H,7,9,12H2,1-5H3. The molecule has 9 heteroatoms. The average Bonchev–Trinajstić information content (AvgIpc) is 3.08. The first-order chi connectivity index (χ1) is 14.7. The molecule has 0 radical (unpaired) electrons. The summed E-state index contributed by atoms with van der Waals surface area (Å²) in [6.07, 6.45) is 0.864. The summed E-state index contributed by atoms with van der Waals surface area (Å²) in [7, 11) is 3.08. The monoisotopic (exact) mass is 432 g/mol. The van der Waals surface area contributed by atoms with Crippen molar-refractivity contribution >= 4 is 11.6 Å². The van der Waals surface area contributed by atoms with Crippen molar-refractivity contribution in [2.75, 3.05) is 14.2 Å². The number of amides is 1. The molecule has 0 aliphatic heterocycles. The third kappa shape index (κ3) is 5.10. The Morgan fingerprint density at radius 3 is 2.61 bits per heavy atom. The van der Waals surface area contributed by atoms with Crippen molar-refractivity contribution in [1.82, 2.24) is 19.5 Å². The van der Waals surface area contributed by atoms with Gasteiger partial charge in [0.15, 0.2) is 17.1 Å². The van der Waals surface area contributed by atoms with E-state index in [1.165, 1.54) is 13.2 Å². The van der Waals surface area contributed by atoms with E-state index >= 15 is 0 Å². The zero-order valence-electron chi connectivity index (χ0n) is 18.3. The summed E-state index contributed by atoms with van der Waals surface area (Å²) in [6, 6.07) is 6.57. The zero-order valence-corrected chi connectivity index (χ0v) is 18.3. The maximum atomic E-state index is 12.7. The van der Waals surface area contributed by atoms with Crippen molar-refractivity contribution in [3.8, 4) is 11.5 Å². The number of hydrogen-bond donors (Lipinski definition) is 0. The second-order valence-corrected chi connectivity index (χ2v) is 7.43. The average molecular weight is 432 g/mol. The Bertz CT molecular complexity index is 1100. The topological polar surface area (TPSA) is 69.0 Å². The summed E-state index contributed by atoms with van der Waals surface area (Å²) < 4.78 is 36.3. The fraction of sp³-hybridized carbons (Fsp3) is 0.409. The normalized spacial score (nSPS) is 11.2. The summed E-state index contributed by atoms with van der Waals surface area (Å²) in [4.78, 5) is 18.9. The number of carbonyl (C=O) groups excluding carboxylic acids is 1. The van der Waals surface area contributed by atoms with E-state index in [0.29, 0.717) is 19.4 Å². The number of alkyl halides is 2. The molecular formula is C22H26F2N4O3. The molecule has 0 bridgehead atoms. The molecule has 166 valence electrons. The van der Waals surface area contributed by atoms with Gasteiger partial charge >= 0.3 is 6.61 Å². The van der Waals surface area contributed by atoms with Gasteiger partial charge in [0, 0.05) is 37.5 Å². The summed E-state index contributed by atoms with van der Waals surface area (Å²) in [5.74, 6) is 0.110. The second-order valence-electron chi connectivity index (χ2n) is 7.43. The zero-order chi connectivity index (χ0) is 22.7. The Labute approximate surface area is 179 Å². The molecule has 3 aromatic rings. The highest BCUT2D eigenvalue weighted by molar-refractivity contribution is 5.76. The molecule has 0 aliphatic carbocycles. The number of fused-ring (bicyclic) bond motifs is 1. The van der Waals surface area contributed by atoms with Gasteiger partial charge in [0.05, 0.1) is 12.8 Å². The molecule has 0 saturated carbocycles. The molecule has 2 heterocycles. The van der Waals surface area contributed by atoms with E-state index in [1.807, 2.05) is 26.8 Å². The fourth-order valence-corrected chi connectivity index (χ4v) is 3.59. The van der Waals surface area contributed by atoms with Gasteiger partial charge < -0.3 is 14.4 Å². The minimum absolute atomic E-state index is 0.0394. The van der Waals surface area contributed by atoms with E-state index in [1.54, 1.807) is 28.6 Å². The SMILES string of the molecule is COc1cc(CN(C)C(=O)CCc2c(C)nc3cc(C)nn3c2C)ccc1OC(F)F. The minimum atomic E-state index is -2.93. The van der Waals surface area contributed by atoms with Crippen LogP contribution in [0.3, 0.4) is 0 Å². The van der Waals surface area contributed by atoms with Gasteiger partial charge in [0.2, 0.25) is 5.91 Å². The predicted molar refractivity (Wildman–Crippen MR) is 112 cm³/mol. The maximum Gasteiger partial charge on any atom is 0.387 e. The van der Waals surface area contributed by atoms with Gasteiger partial charge in [0.1, 0.15) is 0 Å². The van der Waals surface area contributed by atoms with Gasteiger partial charge in [-0.1, -0.05) is 6.07 Å². The highest BCUT2D eigenvalue weighted by Crippen LogP contribution is 2.30. The number of nitrogens with zero attached hydrogens (tertiary/aromatic N) is 4. The number of aryl methyl sites for hydroxylation is 3. The molecule has 7 nitrogen and oxygen atoms in total. The van der Waals surface area contributed by atoms with Gasteiger partial charge in [-0.25, -0.2) is 9.50 Å². The van der Waals surface area contributed by atoms with Crippen LogP contribution >= 0.6 is 0 Å². The lowest BCUT2D eigenvalue weighted by molar-refractivity contribution is -0.130. The van der Waals surface area contributed by atoms with E-state index in [0.717, 1.165) is 33.9 Å². The fourth-order valence-electron chi connectivity index (χ4n) is 3.59. The van der Waals surface area contributed by atoms with Crippen LogP contribution in [-0.4, -0.2) is 46.2 Å². The van der Waals surface area contributed by atoms with E-state index in [4.69, 9.17) is 4.74 Å². The summed E-state index contributed by atoms with van der Waals surface area (Å²) in [5, 5.41) is 4.46. The van der Waals surface area contributed by atoms with Crippen LogP contribution in [0.2, 0.25) is 0 Å². The van der Waals surface area contributed by atoms with E-state index in [-0.39, 0.29) is 17.4 Å². The van der Waals surface area contributed by atoms with Crippen LogP contribution in [0.5, 0.6) is 11.5 Å². The number of benzene rings is 1. The summed E-state index contributed by atoms with van der Waals surface area (Å²) in [5.41, 5.74) is 5.31. The van der Waals surface area contributed by atoms with Gasteiger partial charge in [-0.2, -0.15) is 13.9 Å². The van der Waals surface area contributed by atoms with E-state index < -0.39 is 6.61 Å². The molecule has 31 heavy (non-hydrogen) atoms. The predicted octanol–water partition coefficient (Wildman–Crippen LogP) is 3.86. The lowest BCUT2D eigenvalue weighted by Gasteiger charge is -2.19. The number of hydrogen-bond acceptors (Lipinski definition) is 5. The van der Waals surface area contributed by atoms with Crippen molar-refractivity contribution in [2.24, 2.45) is 0 Å². The first-order valence-corrected chi connectivity index (χ1v) is 9.87. The smallest absolute Gasteiger partial charge is 0.387 e. The van der Waals surface area contributed by atoms with Crippen LogP contribution in [0.15, 0.2) is 24.3 Å². The van der Waals surface area contributed by atoms with Crippen LogP contribution < -0.4 is 9.47 Å². The first-order valence-electron chi connectivity index (χ1n) is 9.87. The molecule has 1 amide bonds. The number of rotatable bonds is 8. The number of carbonyl (C=O) groups is 1. The van der Waals surface area contributed by atoms with Gasteiger partial charge in [0.25, 0.3) is 0 Å². The van der Waals surface area contributed by atoms with Gasteiger partial charge in [-0.05, 0) is 50.5 Å².